The van der Waals surface area contributed by atoms with Gasteiger partial charge < -0.3 is 0 Å². The summed E-state index contributed by atoms with van der Waals surface area (Å²) in [6.07, 6.45) is -39.0. The van der Waals surface area contributed by atoms with Gasteiger partial charge in [0.25, 0.3) is 0 Å². The number of ketones is 6. The summed E-state index contributed by atoms with van der Waals surface area (Å²) in [7, 11) is 0. The van der Waals surface area contributed by atoms with Gasteiger partial charge >= 0.3 is 102 Å². The fraction of sp³-hybridized carbons (Fsp3) is 0.600. The molecule has 0 aromatic rings. The molecule has 0 spiro atoms. The van der Waals surface area contributed by atoms with Crippen LogP contribution in [0.2, 0.25) is 0 Å². The van der Waals surface area contributed by atoms with Gasteiger partial charge in [0.2, 0.25) is 34.7 Å². The largest absolute Gasteiger partial charge is 3.00 e. The van der Waals surface area contributed by atoms with Crippen molar-refractivity contribution in [2.75, 3.05) is 0 Å². The Bertz CT molecular complexity index is 731. The molecule has 6 nitrogen and oxygen atoms in total. The number of carbonyl (C=O) groups is 6. The molecule has 26 heteroatoms. The molecule has 0 unspecified atom stereocenters. The van der Waals surface area contributed by atoms with Crippen LogP contribution in [0.25, 0.3) is 0 Å². The standard InChI is InChI=1S/3C5H2F6O2.2Y/c3*6-4(7,8)2(12)1-3(13)5(9,10)11;;/h3*1H2;;/q;;;2*+3. The zero-order chi connectivity index (χ0) is 32.6. The first kappa shape index (κ1) is 49.6. The second-order valence-corrected chi connectivity index (χ2v) is 6.06. The number of rotatable bonds is 6. The maximum absolute atomic E-state index is 11.3. The number of halogens is 18. The molecule has 228 valence electrons. The molecule has 0 saturated carbocycles. The van der Waals surface area contributed by atoms with Crippen molar-refractivity contribution < 1.29 is 173 Å². The average Bonchev–Trinajstić information content (AvgIpc) is 2.64. The fourth-order valence-electron chi connectivity index (χ4n) is 1.04. The van der Waals surface area contributed by atoms with Gasteiger partial charge in [-0.15, -0.1) is 0 Å². The van der Waals surface area contributed by atoms with Crippen molar-refractivity contribution in [3.8, 4) is 0 Å². The molecule has 0 aromatic carbocycles. The van der Waals surface area contributed by atoms with E-state index in [4.69, 9.17) is 0 Å². The SMILES string of the molecule is O=C(CC(=O)C(F)(F)F)C(F)(F)F.O=C(CC(=O)C(F)(F)F)C(F)(F)F.O=C(CC(=O)C(F)(F)F)C(F)(F)F.[Y+3].[Y+3]. The van der Waals surface area contributed by atoms with Gasteiger partial charge in [0, 0.05) is 0 Å². The molecule has 0 aliphatic rings. The van der Waals surface area contributed by atoms with Crippen LogP contribution in [-0.4, -0.2) is 71.8 Å². The second kappa shape index (κ2) is 17.9. The number of alkyl halides is 18. The molecule has 41 heavy (non-hydrogen) atoms. The fourth-order valence-corrected chi connectivity index (χ4v) is 1.04. The van der Waals surface area contributed by atoms with Crippen molar-refractivity contribution in [3.63, 3.8) is 0 Å². The first-order valence-corrected chi connectivity index (χ1v) is 8.25. The van der Waals surface area contributed by atoms with Gasteiger partial charge in [0.1, 0.15) is 0 Å². The Morgan fingerprint density at radius 1 is 0.268 bits per heavy atom. The van der Waals surface area contributed by atoms with E-state index in [9.17, 15) is 108 Å². The molecule has 0 heterocycles. The predicted molar refractivity (Wildman–Crippen MR) is 80.2 cm³/mol. The van der Waals surface area contributed by atoms with Crippen molar-refractivity contribution in [1.29, 1.82) is 0 Å². The zero-order valence-electron chi connectivity index (χ0n) is 18.5. The predicted octanol–water partition coefficient (Wildman–Crippen LogP) is 4.91. The van der Waals surface area contributed by atoms with Gasteiger partial charge in [-0.3, -0.25) is 28.8 Å². The minimum atomic E-state index is -5.40. The molecule has 0 radical (unpaired) electrons. The Labute approximate surface area is 263 Å². The summed E-state index contributed by atoms with van der Waals surface area (Å²) >= 11 is 0. The van der Waals surface area contributed by atoms with E-state index in [1.807, 2.05) is 0 Å². The minimum Gasteiger partial charge on any atom is -0.289 e. The summed E-state index contributed by atoms with van der Waals surface area (Å²) in [5, 5.41) is 0. The first-order chi connectivity index (χ1) is 16.6. The number of Topliss-reactive ketones (excluding diaryl/α,β-unsaturated/α-hetero) is 6. The Hall–Kier alpha value is -1.03. The van der Waals surface area contributed by atoms with Crippen LogP contribution in [-0.2, 0) is 94.2 Å². The van der Waals surface area contributed by atoms with Crippen LogP contribution in [0.1, 0.15) is 19.3 Å². The number of hydrogen-bond donors (Lipinski definition) is 0. The van der Waals surface area contributed by atoms with Gasteiger partial charge in [-0.05, 0) is 0 Å². The van der Waals surface area contributed by atoms with Crippen molar-refractivity contribution >= 4 is 34.7 Å². The van der Waals surface area contributed by atoms with Crippen LogP contribution in [0.5, 0.6) is 0 Å². The van der Waals surface area contributed by atoms with Crippen LogP contribution in [0.3, 0.4) is 0 Å². The van der Waals surface area contributed by atoms with E-state index in [0.717, 1.165) is 0 Å². The van der Waals surface area contributed by atoms with Gasteiger partial charge in [-0.1, -0.05) is 0 Å². The Morgan fingerprint density at radius 3 is 0.390 bits per heavy atom. The summed E-state index contributed by atoms with van der Waals surface area (Å²) in [6, 6.07) is 0. The molecular formula is C15H6F18O6Y2+6. The summed E-state index contributed by atoms with van der Waals surface area (Å²) in [5.74, 6) is -16.2. The summed E-state index contributed by atoms with van der Waals surface area (Å²) in [6.45, 7) is 0. The van der Waals surface area contributed by atoms with Gasteiger partial charge in [0.15, 0.2) is 0 Å². The van der Waals surface area contributed by atoms with E-state index >= 15 is 0 Å². The quantitative estimate of drug-likeness (QED) is 0.280. The van der Waals surface area contributed by atoms with E-state index in [1.54, 1.807) is 0 Å². The monoisotopic (exact) mass is 802 g/mol. The smallest absolute Gasteiger partial charge is 0.289 e. The van der Waals surface area contributed by atoms with Gasteiger partial charge in [0.05, 0.1) is 19.3 Å². The van der Waals surface area contributed by atoms with Crippen molar-refractivity contribution in [3.05, 3.63) is 0 Å². The minimum absolute atomic E-state index is 0. The molecule has 0 fully saturated rings. The third kappa shape index (κ3) is 24.1. The van der Waals surface area contributed by atoms with Crippen LogP contribution in [0.4, 0.5) is 79.0 Å². The Kier molecular flexibility index (Phi) is 21.7. The maximum atomic E-state index is 11.3. The van der Waals surface area contributed by atoms with Crippen LogP contribution in [0, 0.1) is 0 Å². The van der Waals surface area contributed by atoms with E-state index in [-0.39, 0.29) is 65.4 Å². The molecule has 0 aliphatic heterocycles. The molecule has 0 aliphatic carbocycles. The van der Waals surface area contributed by atoms with Crippen molar-refractivity contribution in [2.45, 2.75) is 56.3 Å². The normalized spacial score (nSPS) is 12.1. The molecule has 0 N–H and O–H groups in total. The molecule has 0 atom stereocenters. The molecule has 0 rings (SSSR count). The molecular weight excluding hydrogens is 796 g/mol. The van der Waals surface area contributed by atoms with Crippen LogP contribution in [0.15, 0.2) is 0 Å². The van der Waals surface area contributed by atoms with E-state index in [1.165, 1.54) is 0 Å². The van der Waals surface area contributed by atoms with Gasteiger partial charge in [-0.2, -0.15) is 79.0 Å². The van der Waals surface area contributed by atoms with Crippen molar-refractivity contribution in [1.82, 2.24) is 0 Å². The Balaban J connectivity index is -0.000000154. The third-order valence-corrected chi connectivity index (χ3v) is 2.86. The Morgan fingerprint density at radius 2 is 0.341 bits per heavy atom. The first-order valence-electron chi connectivity index (χ1n) is 8.25. The average molecular weight is 802 g/mol. The maximum Gasteiger partial charge on any atom is 3.00 e. The number of hydrogen-bond acceptors (Lipinski definition) is 6. The van der Waals surface area contributed by atoms with Crippen molar-refractivity contribution in [2.24, 2.45) is 0 Å². The second-order valence-electron chi connectivity index (χ2n) is 6.06. The third-order valence-electron chi connectivity index (χ3n) is 2.86. The van der Waals surface area contributed by atoms with E-state index in [2.05, 4.69) is 0 Å². The zero-order valence-corrected chi connectivity index (χ0v) is 24.2. The van der Waals surface area contributed by atoms with E-state index in [0.29, 0.717) is 0 Å². The summed E-state index contributed by atoms with van der Waals surface area (Å²) < 4.78 is 204. The molecule has 0 aromatic heterocycles. The molecule has 0 bridgehead atoms. The molecule has 0 amide bonds. The topological polar surface area (TPSA) is 102 Å². The number of carbonyl (C=O) groups excluding carboxylic acids is 6. The van der Waals surface area contributed by atoms with E-state index < -0.39 is 91.0 Å². The molecule has 0 saturated heterocycles. The van der Waals surface area contributed by atoms with Gasteiger partial charge in [-0.25, -0.2) is 0 Å². The van der Waals surface area contributed by atoms with Crippen LogP contribution < -0.4 is 0 Å². The summed E-state index contributed by atoms with van der Waals surface area (Å²) in [5.41, 5.74) is 0. The van der Waals surface area contributed by atoms with Crippen LogP contribution >= 0.6 is 0 Å². The summed E-state index contributed by atoms with van der Waals surface area (Å²) in [4.78, 5) is 59.3.